The van der Waals surface area contributed by atoms with Crippen molar-refractivity contribution in [1.29, 1.82) is 0 Å². The van der Waals surface area contributed by atoms with Gasteiger partial charge in [-0.15, -0.1) is 0 Å². The number of allylic oxidation sites excluding steroid dienone is 5. The summed E-state index contributed by atoms with van der Waals surface area (Å²) in [5.41, 5.74) is 5.89. The maximum atomic E-state index is 10.1. The van der Waals surface area contributed by atoms with Crippen molar-refractivity contribution in [1.82, 2.24) is 0 Å². The molecule has 0 saturated heterocycles. The first-order chi connectivity index (χ1) is 12.7. The summed E-state index contributed by atoms with van der Waals surface area (Å²) in [5, 5.41) is 10.1. The zero-order valence-corrected chi connectivity index (χ0v) is 15.3. The first-order valence-electron chi connectivity index (χ1n) is 9.08. The van der Waals surface area contributed by atoms with Crippen LogP contribution in [0.2, 0.25) is 0 Å². The van der Waals surface area contributed by atoms with Crippen molar-refractivity contribution in [3.05, 3.63) is 102 Å². The fourth-order valence-corrected chi connectivity index (χ4v) is 3.45. The molecule has 0 bridgehead atoms. The van der Waals surface area contributed by atoms with Crippen LogP contribution in [0.1, 0.15) is 36.0 Å². The SMILES string of the molecule is C=C/C=C\C=C(/C)CC(Cc1ccccc1)c1ccc2c(c1)B(O)OC2. The van der Waals surface area contributed by atoms with Crippen LogP contribution < -0.4 is 5.46 Å². The summed E-state index contributed by atoms with van der Waals surface area (Å²) in [6, 6.07) is 17.0. The van der Waals surface area contributed by atoms with Crippen LogP contribution in [0, 0.1) is 0 Å². The Kier molecular flexibility index (Phi) is 6.27. The zero-order chi connectivity index (χ0) is 18.4. The number of benzene rings is 2. The number of hydrogen-bond acceptors (Lipinski definition) is 2. The van der Waals surface area contributed by atoms with Crippen molar-refractivity contribution in [3.8, 4) is 0 Å². The van der Waals surface area contributed by atoms with E-state index in [1.807, 2.05) is 18.2 Å². The molecule has 1 heterocycles. The van der Waals surface area contributed by atoms with Crippen LogP contribution in [-0.2, 0) is 17.7 Å². The van der Waals surface area contributed by atoms with Crippen molar-refractivity contribution in [2.75, 3.05) is 0 Å². The normalized spacial score (nSPS) is 15.3. The van der Waals surface area contributed by atoms with E-state index >= 15 is 0 Å². The van der Waals surface area contributed by atoms with Crippen LogP contribution in [0.5, 0.6) is 0 Å². The molecule has 0 radical (unpaired) electrons. The van der Waals surface area contributed by atoms with E-state index in [2.05, 4.69) is 62.0 Å². The molecule has 3 heteroatoms. The zero-order valence-electron chi connectivity index (χ0n) is 15.3. The van der Waals surface area contributed by atoms with Crippen LogP contribution in [0.3, 0.4) is 0 Å². The van der Waals surface area contributed by atoms with E-state index in [4.69, 9.17) is 4.65 Å². The quantitative estimate of drug-likeness (QED) is 0.599. The molecule has 1 N–H and O–H groups in total. The summed E-state index contributed by atoms with van der Waals surface area (Å²) >= 11 is 0. The number of rotatable bonds is 7. The van der Waals surface area contributed by atoms with Crippen LogP contribution in [0.4, 0.5) is 0 Å². The average Bonchev–Trinajstić information content (AvgIpc) is 3.03. The lowest BCUT2D eigenvalue weighted by atomic mass is 9.76. The van der Waals surface area contributed by atoms with Crippen molar-refractivity contribution < 1.29 is 9.68 Å². The summed E-state index contributed by atoms with van der Waals surface area (Å²) in [4.78, 5) is 0. The highest BCUT2D eigenvalue weighted by atomic mass is 16.5. The second-order valence-corrected chi connectivity index (χ2v) is 6.85. The average molecular weight is 344 g/mol. The maximum absolute atomic E-state index is 10.1. The summed E-state index contributed by atoms with van der Waals surface area (Å²) < 4.78 is 5.35. The monoisotopic (exact) mass is 344 g/mol. The molecule has 2 nitrogen and oxygen atoms in total. The van der Waals surface area contributed by atoms with E-state index in [-0.39, 0.29) is 0 Å². The van der Waals surface area contributed by atoms with Crippen molar-refractivity contribution in [2.24, 2.45) is 0 Å². The van der Waals surface area contributed by atoms with Gasteiger partial charge in [0.15, 0.2) is 0 Å². The molecule has 132 valence electrons. The summed E-state index contributed by atoms with van der Waals surface area (Å²) in [6.07, 6.45) is 9.83. The maximum Gasteiger partial charge on any atom is 0.491 e. The molecule has 0 amide bonds. The highest BCUT2D eigenvalue weighted by molar-refractivity contribution is 6.61. The Labute approximate surface area is 156 Å². The molecule has 1 atom stereocenters. The summed E-state index contributed by atoms with van der Waals surface area (Å²) in [5.74, 6) is 0.351. The van der Waals surface area contributed by atoms with Gasteiger partial charge in [-0.25, -0.2) is 0 Å². The van der Waals surface area contributed by atoms with Gasteiger partial charge in [-0.3, -0.25) is 0 Å². The second kappa shape index (κ2) is 8.84. The van der Waals surface area contributed by atoms with Gasteiger partial charge < -0.3 is 9.68 Å². The fourth-order valence-electron chi connectivity index (χ4n) is 3.45. The Bertz CT molecular complexity index is 808. The molecule has 1 unspecified atom stereocenters. The van der Waals surface area contributed by atoms with Gasteiger partial charge in [0, 0.05) is 0 Å². The van der Waals surface area contributed by atoms with Crippen LogP contribution in [0.25, 0.3) is 0 Å². The molecular formula is C23H25BO2. The first-order valence-corrected chi connectivity index (χ1v) is 9.08. The molecule has 1 aliphatic rings. The molecule has 0 aliphatic carbocycles. The van der Waals surface area contributed by atoms with E-state index in [9.17, 15) is 5.02 Å². The van der Waals surface area contributed by atoms with Gasteiger partial charge >= 0.3 is 7.12 Å². The molecule has 1 aliphatic heterocycles. The van der Waals surface area contributed by atoms with E-state index in [0.717, 1.165) is 23.9 Å². The molecule has 2 aromatic carbocycles. The molecular weight excluding hydrogens is 319 g/mol. The Morgan fingerprint density at radius 1 is 1.23 bits per heavy atom. The van der Waals surface area contributed by atoms with Crippen LogP contribution >= 0.6 is 0 Å². The minimum Gasteiger partial charge on any atom is -0.423 e. The van der Waals surface area contributed by atoms with Gasteiger partial charge in [-0.1, -0.05) is 85.0 Å². The van der Waals surface area contributed by atoms with E-state index < -0.39 is 7.12 Å². The standard InChI is InChI=1S/C23H25BO2/c1-3-4-6-9-18(2)14-22(15-19-10-7-5-8-11-19)20-12-13-21-17-26-24(25)23(21)16-20/h3-13,16,22,25H,1,14-15,17H2,2H3/b6-4-,18-9+. The summed E-state index contributed by atoms with van der Waals surface area (Å²) in [7, 11) is -0.797. The lowest BCUT2D eigenvalue weighted by molar-refractivity contribution is 0.275. The van der Waals surface area contributed by atoms with Gasteiger partial charge in [-0.05, 0) is 47.8 Å². The van der Waals surface area contributed by atoms with E-state index in [1.54, 1.807) is 6.08 Å². The molecule has 0 spiro atoms. The van der Waals surface area contributed by atoms with E-state index in [1.165, 1.54) is 16.7 Å². The van der Waals surface area contributed by atoms with Gasteiger partial charge in [0.25, 0.3) is 0 Å². The van der Waals surface area contributed by atoms with Gasteiger partial charge in [0.2, 0.25) is 0 Å². The summed E-state index contributed by atoms with van der Waals surface area (Å²) in [6.45, 7) is 6.37. The predicted octanol–water partition coefficient (Wildman–Crippen LogP) is 4.31. The largest absolute Gasteiger partial charge is 0.491 e. The van der Waals surface area contributed by atoms with Gasteiger partial charge in [-0.2, -0.15) is 0 Å². The molecule has 26 heavy (non-hydrogen) atoms. The molecule has 0 fully saturated rings. The Morgan fingerprint density at radius 2 is 2.04 bits per heavy atom. The van der Waals surface area contributed by atoms with Crippen LogP contribution in [0.15, 0.2) is 85.0 Å². The number of fused-ring (bicyclic) bond motifs is 1. The minimum atomic E-state index is -0.797. The highest BCUT2D eigenvalue weighted by Gasteiger charge is 2.28. The molecule has 2 aromatic rings. The Balaban J connectivity index is 1.87. The molecule has 0 saturated carbocycles. The first kappa shape index (κ1) is 18.4. The topological polar surface area (TPSA) is 29.5 Å². The van der Waals surface area contributed by atoms with E-state index in [0.29, 0.717) is 12.5 Å². The lowest BCUT2D eigenvalue weighted by Gasteiger charge is -2.19. The third kappa shape index (κ3) is 4.63. The smallest absolute Gasteiger partial charge is 0.423 e. The molecule has 0 aromatic heterocycles. The lowest BCUT2D eigenvalue weighted by Crippen LogP contribution is -2.28. The van der Waals surface area contributed by atoms with Crippen LogP contribution in [-0.4, -0.2) is 12.1 Å². The van der Waals surface area contributed by atoms with Crippen molar-refractivity contribution in [3.63, 3.8) is 0 Å². The van der Waals surface area contributed by atoms with Crippen molar-refractivity contribution in [2.45, 2.75) is 32.3 Å². The van der Waals surface area contributed by atoms with Gasteiger partial charge in [0.1, 0.15) is 0 Å². The third-order valence-electron chi connectivity index (χ3n) is 4.83. The van der Waals surface area contributed by atoms with Gasteiger partial charge in [0.05, 0.1) is 6.61 Å². The predicted molar refractivity (Wildman–Crippen MR) is 109 cm³/mol. The fraction of sp³-hybridized carbons (Fsp3) is 0.217. The third-order valence-corrected chi connectivity index (χ3v) is 4.83. The Morgan fingerprint density at radius 3 is 2.81 bits per heavy atom. The Hall–Kier alpha value is -2.36. The molecule has 3 rings (SSSR count). The minimum absolute atomic E-state index is 0.351. The number of hydrogen-bond donors (Lipinski definition) is 1. The second-order valence-electron chi connectivity index (χ2n) is 6.85. The van der Waals surface area contributed by atoms with Crippen molar-refractivity contribution >= 4 is 12.6 Å². The highest BCUT2D eigenvalue weighted by Crippen LogP contribution is 2.28.